The second-order valence-corrected chi connectivity index (χ2v) is 9.83. The minimum Gasteiger partial charge on any atom is -0.480 e. The number of carbonyl (C=O) groups excluding carboxylic acids is 1. The van der Waals surface area contributed by atoms with Gasteiger partial charge in [0.25, 0.3) is 11.6 Å². The van der Waals surface area contributed by atoms with Crippen molar-refractivity contribution in [2.45, 2.75) is 32.4 Å². The number of nitro groups is 1. The molecule has 3 aromatic carbocycles. The fourth-order valence-corrected chi connectivity index (χ4v) is 4.97. The van der Waals surface area contributed by atoms with Gasteiger partial charge in [0.1, 0.15) is 6.04 Å². The number of thiazole rings is 1. The number of nitrogens with one attached hydrogen (secondary N) is 1. The Hall–Kier alpha value is -4.57. The molecule has 0 aliphatic carbocycles. The molecular formula is C29H28N4O5S. The second kappa shape index (κ2) is 12.8. The molecular weight excluding hydrogens is 516 g/mol. The summed E-state index contributed by atoms with van der Waals surface area (Å²) in [6.07, 6.45) is 1.09. The first-order valence-electron chi connectivity index (χ1n) is 12.5. The van der Waals surface area contributed by atoms with Gasteiger partial charge in [0, 0.05) is 48.2 Å². The molecule has 4 rings (SSSR count). The van der Waals surface area contributed by atoms with Crippen LogP contribution in [-0.4, -0.2) is 39.5 Å². The minimum atomic E-state index is -1.09. The van der Waals surface area contributed by atoms with Gasteiger partial charge in [-0.05, 0) is 29.7 Å². The van der Waals surface area contributed by atoms with Gasteiger partial charge in [-0.3, -0.25) is 14.9 Å². The number of hydrogen-bond acceptors (Lipinski definition) is 7. The average Bonchev–Trinajstić information content (AvgIpc) is 3.44. The van der Waals surface area contributed by atoms with E-state index in [9.17, 15) is 24.8 Å². The number of nitro benzene ring substituents is 1. The van der Waals surface area contributed by atoms with E-state index in [-0.39, 0.29) is 12.1 Å². The smallest absolute Gasteiger partial charge is 0.326 e. The largest absolute Gasteiger partial charge is 0.480 e. The molecule has 2 N–H and O–H groups in total. The quantitative estimate of drug-likeness (QED) is 0.177. The first kappa shape index (κ1) is 27.5. The Labute approximate surface area is 229 Å². The van der Waals surface area contributed by atoms with Crippen LogP contribution in [0.25, 0.3) is 11.3 Å². The van der Waals surface area contributed by atoms with E-state index in [1.54, 1.807) is 24.3 Å². The number of amides is 1. The highest BCUT2D eigenvalue weighted by atomic mass is 32.1. The van der Waals surface area contributed by atoms with Crippen molar-refractivity contribution < 1.29 is 19.6 Å². The molecule has 4 aromatic rings. The van der Waals surface area contributed by atoms with E-state index < -0.39 is 22.8 Å². The minimum absolute atomic E-state index is 0.0198. The maximum atomic E-state index is 12.8. The van der Waals surface area contributed by atoms with Crippen LogP contribution >= 0.6 is 11.3 Å². The van der Waals surface area contributed by atoms with Gasteiger partial charge in [0.2, 0.25) is 0 Å². The van der Waals surface area contributed by atoms with Gasteiger partial charge in [-0.25, -0.2) is 9.78 Å². The van der Waals surface area contributed by atoms with E-state index in [1.807, 2.05) is 47.8 Å². The second-order valence-electron chi connectivity index (χ2n) is 9.00. The topological polar surface area (TPSA) is 126 Å². The van der Waals surface area contributed by atoms with Gasteiger partial charge in [0.05, 0.1) is 10.6 Å². The maximum absolute atomic E-state index is 12.8. The van der Waals surface area contributed by atoms with Crippen LogP contribution in [-0.2, 0) is 17.8 Å². The number of carboxylic acids is 1. The van der Waals surface area contributed by atoms with E-state index in [2.05, 4.69) is 17.1 Å². The zero-order chi connectivity index (χ0) is 27.8. The van der Waals surface area contributed by atoms with Crippen LogP contribution in [0.2, 0.25) is 0 Å². The summed E-state index contributed by atoms with van der Waals surface area (Å²) in [7, 11) is 0. The summed E-state index contributed by atoms with van der Waals surface area (Å²) in [5, 5.41) is 26.0. The number of aromatic nitrogens is 1. The third-order valence-electron chi connectivity index (χ3n) is 6.08. The number of anilines is 1. The van der Waals surface area contributed by atoms with Crippen LogP contribution in [0.3, 0.4) is 0 Å². The molecule has 0 saturated carbocycles. The first-order valence-corrected chi connectivity index (χ1v) is 13.3. The maximum Gasteiger partial charge on any atom is 0.326 e. The summed E-state index contributed by atoms with van der Waals surface area (Å²) >= 11 is 1.47. The Bertz CT molecular complexity index is 1440. The standard InChI is InChI=1S/C29H28N4O5S/c1-2-15-32(29-31-26(19-39-29)23-9-6-10-24(17-23)33(37)38)18-21-11-13-22(14-12-21)27(34)30-25(28(35)36)16-20-7-4-3-5-8-20/h3-14,17,19,25H,2,15-16,18H2,1H3,(H,30,34)(H,35,36). The van der Waals surface area contributed by atoms with E-state index in [0.717, 1.165) is 29.2 Å². The lowest BCUT2D eigenvalue weighted by Crippen LogP contribution is -2.42. The van der Waals surface area contributed by atoms with Crippen LogP contribution in [0.5, 0.6) is 0 Å². The van der Waals surface area contributed by atoms with Crippen molar-refractivity contribution in [1.82, 2.24) is 10.3 Å². The highest BCUT2D eigenvalue weighted by molar-refractivity contribution is 7.14. The molecule has 0 spiro atoms. The molecule has 39 heavy (non-hydrogen) atoms. The number of non-ortho nitro benzene ring substituents is 1. The highest BCUT2D eigenvalue weighted by Crippen LogP contribution is 2.30. The summed E-state index contributed by atoms with van der Waals surface area (Å²) in [5.74, 6) is -1.54. The highest BCUT2D eigenvalue weighted by Gasteiger charge is 2.21. The molecule has 0 aliphatic rings. The number of rotatable bonds is 12. The summed E-state index contributed by atoms with van der Waals surface area (Å²) in [5.41, 5.74) is 3.55. The molecule has 0 fully saturated rings. The van der Waals surface area contributed by atoms with E-state index in [1.165, 1.54) is 23.5 Å². The third kappa shape index (κ3) is 7.26. The SMILES string of the molecule is CCCN(Cc1ccc(C(=O)NC(Cc2ccccc2)C(=O)O)cc1)c1nc(-c2cccc([N+](=O)[O-])c2)cs1. The van der Waals surface area contributed by atoms with Crippen molar-refractivity contribution in [1.29, 1.82) is 0 Å². The lowest BCUT2D eigenvalue weighted by Gasteiger charge is -2.21. The van der Waals surface area contributed by atoms with Crippen LogP contribution in [0, 0.1) is 10.1 Å². The first-order chi connectivity index (χ1) is 18.8. The fourth-order valence-electron chi connectivity index (χ4n) is 4.11. The Morgan fingerprint density at radius 3 is 2.46 bits per heavy atom. The van der Waals surface area contributed by atoms with Crippen molar-refractivity contribution in [3.63, 3.8) is 0 Å². The Kier molecular flexibility index (Phi) is 9.01. The number of benzene rings is 3. The molecule has 200 valence electrons. The van der Waals surface area contributed by atoms with Gasteiger partial charge in [-0.15, -0.1) is 11.3 Å². The zero-order valence-corrected chi connectivity index (χ0v) is 22.1. The Balaban J connectivity index is 1.43. The van der Waals surface area contributed by atoms with Gasteiger partial charge >= 0.3 is 5.97 Å². The lowest BCUT2D eigenvalue weighted by molar-refractivity contribution is -0.384. The summed E-state index contributed by atoms with van der Waals surface area (Å²) in [4.78, 5) is 42.1. The predicted octanol–water partition coefficient (Wildman–Crippen LogP) is 5.56. The van der Waals surface area contributed by atoms with Crippen molar-refractivity contribution in [3.8, 4) is 11.3 Å². The normalized spacial score (nSPS) is 11.5. The predicted molar refractivity (Wildman–Crippen MR) is 151 cm³/mol. The zero-order valence-electron chi connectivity index (χ0n) is 21.3. The molecule has 10 heteroatoms. The number of nitrogens with zero attached hydrogens (tertiary/aromatic N) is 3. The molecule has 0 bridgehead atoms. The molecule has 1 heterocycles. The molecule has 1 aromatic heterocycles. The van der Waals surface area contributed by atoms with Crippen LogP contribution in [0.15, 0.2) is 84.2 Å². The van der Waals surface area contributed by atoms with E-state index >= 15 is 0 Å². The average molecular weight is 545 g/mol. The van der Waals surface area contributed by atoms with Crippen molar-refractivity contribution in [2.75, 3.05) is 11.4 Å². The van der Waals surface area contributed by atoms with Crippen LogP contribution < -0.4 is 10.2 Å². The fraction of sp³-hybridized carbons (Fsp3) is 0.207. The van der Waals surface area contributed by atoms with Gasteiger partial charge in [-0.2, -0.15) is 0 Å². The summed E-state index contributed by atoms with van der Waals surface area (Å²) in [6.45, 7) is 3.39. The van der Waals surface area contributed by atoms with E-state index in [4.69, 9.17) is 4.98 Å². The molecule has 9 nitrogen and oxygen atoms in total. The summed E-state index contributed by atoms with van der Waals surface area (Å²) < 4.78 is 0. The molecule has 1 amide bonds. The molecule has 0 radical (unpaired) electrons. The summed E-state index contributed by atoms with van der Waals surface area (Å²) in [6, 6.07) is 21.6. The van der Waals surface area contributed by atoms with Crippen LogP contribution in [0.1, 0.15) is 34.8 Å². The molecule has 0 aliphatic heterocycles. The molecule has 1 unspecified atom stereocenters. The number of carbonyl (C=O) groups is 2. The lowest BCUT2D eigenvalue weighted by atomic mass is 10.1. The van der Waals surface area contributed by atoms with E-state index in [0.29, 0.717) is 23.4 Å². The number of aliphatic carboxylic acids is 1. The third-order valence-corrected chi connectivity index (χ3v) is 6.99. The van der Waals surface area contributed by atoms with Crippen molar-refractivity contribution in [3.05, 3.63) is 111 Å². The molecule has 0 saturated heterocycles. The van der Waals surface area contributed by atoms with Gasteiger partial charge in [-0.1, -0.05) is 61.5 Å². The number of carboxylic acid groups (broad SMARTS) is 1. The van der Waals surface area contributed by atoms with Crippen molar-refractivity contribution in [2.24, 2.45) is 0 Å². The Morgan fingerprint density at radius 2 is 1.79 bits per heavy atom. The molecule has 1 atom stereocenters. The van der Waals surface area contributed by atoms with Crippen LogP contribution in [0.4, 0.5) is 10.8 Å². The van der Waals surface area contributed by atoms with Gasteiger partial charge < -0.3 is 15.3 Å². The van der Waals surface area contributed by atoms with Crippen molar-refractivity contribution >= 4 is 34.0 Å². The monoisotopic (exact) mass is 544 g/mol. The van der Waals surface area contributed by atoms with Gasteiger partial charge in [0.15, 0.2) is 5.13 Å². The Morgan fingerprint density at radius 1 is 1.05 bits per heavy atom. The number of hydrogen-bond donors (Lipinski definition) is 2.